The van der Waals surface area contributed by atoms with Crippen LogP contribution in [0.1, 0.15) is 26.2 Å². The summed E-state index contributed by atoms with van der Waals surface area (Å²) < 4.78 is 11.1. The van der Waals surface area contributed by atoms with Crippen molar-refractivity contribution in [2.24, 2.45) is 0 Å². The molecule has 0 bridgehead atoms. The zero-order valence-electron chi connectivity index (χ0n) is 17.8. The summed E-state index contributed by atoms with van der Waals surface area (Å²) in [6.45, 7) is 10.9. The van der Waals surface area contributed by atoms with Gasteiger partial charge in [0.15, 0.2) is 0 Å². The number of ether oxygens (including phenoxy) is 1. The average molecular weight is 434 g/mol. The number of thiophene rings is 1. The molecule has 2 fully saturated rings. The largest absolute Gasteiger partial charge is 0.372 e. The first-order valence-electron chi connectivity index (χ1n) is 10.8. The second-order valence-electron chi connectivity index (χ2n) is 8.27. The molecule has 30 heavy (non-hydrogen) atoms. The normalized spacial score (nSPS) is 23.7. The molecule has 2 unspecified atom stereocenters. The molecular formula is C21H31N5O3S. The summed E-state index contributed by atoms with van der Waals surface area (Å²) in [6, 6.07) is 4.00. The number of carbonyl (C=O) groups excluding carboxylic acids is 1. The molecule has 2 aliphatic heterocycles. The Morgan fingerprint density at radius 2 is 1.90 bits per heavy atom. The van der Waals surface area contributed by atoms with Gasteiger partial charge in [0.25, 0.3) is 0 Å². The van der Waals surface area contributed by atoms with E-state index in [2.05, 4.69) is 19.9 Å². The first kappa shape index (κ1) is 21.4. The SMILES string of the molecule is CC1CN(C(=O)CN2CCN(CCCc3nc(-c4cccs4)no3)CC2)CC(C)O1. The summed E-state index contributed by atoms with van der Waals surface area (Å²) in [5.41, 5.74) is 0. The van der Waals surface area contributed by atoms with Crippen molar-refractivity contribution >= 4 is 17.2 Å². The van der Waals surface area contributed by atoms with Crippen LogP contribution in [0.5, 0.6) is 0 Å². The monoisotopic (exact) mass is 433 g/mol. The maximum absolute atomic E-state index is 12.6. The van der Waals surface area contributed by atoms with Crippen LogP contribution < -0.4 is 0 Å². The Kier molecular flexibility index (Phi) is 7.14. The summed E-state index contributed by atoms with van der Waals surface area (Å²) in [5, 5.41) is 6.08. The van der Waals surface area contributed by atoms with Crippen LogP contribution in [0.3, 0.4) is 0 Å². The predicted molar refractivity (Wildman–Crippen MR) is 115 cm³/mol. The topological polar surface area (TPSA) is 74.9 Å². The van der Waals surface area contributed by atoms with Gasteiger partial charge in [-0.05, 0) is 38.3 Å². The van der Waals surface area contributed by atoms with Gasteiger partial charge in [0.05, 0.1) is 23.6 Å². The Hall–Kier alpha value is -1.81. The number of amides is 1. The highest BCUT2D eigenvalue weighted by atomic mass is 32.1. The van der Waals surface area contributed by atoms with Crippen LogP contribution in [0.15, 0.2) is 22.0 Å². The fraction of sp³-hybridized carbons (Fsp3) is 0.667. The molecule has 0 aromatic carbocycles. The first-order valence-corrected chi connectivity index (χ1v) is 11.7. The molecule has 2 aromatic heterocycles. The molecule has 2 aliphatic rings. The molecule has 0 radical (unpaired) electrons. The molecule has 9 heteroatoms. The third-order valence-corrected chi connectivity index (χ3v) is 6.54. The van der Waals surface area contributed by atoms with Gasteiger partial charge in [-0.2, -0.15) is 4.98 Å². The van der Waals surface area contributed by atoms with Crippen molar-refractivity contribution in [2.45, 2.75) is 38.9 Å². The molecule has 2 atom stereocenters. The standard InChI is InChI=1S/C21H31N5O3S/c1-16-13-26(14-17(2)28-16)20(27)15-25-10-8-24(9-11-25)7-3-6-19-22-21(23-29-19)18-5-4-12-30-18/h4-5,12,16-17H,3,6-11,13-15H2,1-2H3. The van der Waals surface area contributed by atoms with Crippen LogP contribution >= 0.6 is 11.3 Å². The van der Waals surface area contributed by atoms with E-state index < -0.39 is 0 Å². The molecule has 4 rings (SSSR count). The average Bonchev–Trinajstić information content (AvgIpc) is 3.40. The van der Waals surface area contributed by atoms with Crippen LogP contribution in [-0.4, -0.2) is 95.3 Å². The fourth-order valence-electron chi connectivity index (χ4n) is 4.16. The van der Waals surface area contributed by atoms with Crippen LogP contribution in [-0.2, 0) is 16.0 Å². The summed E-state index contributed by atoms with van der Waals surface area (Å²) in [5.74, 6) is 1.61. The molecular weight excluding hydrogens is 402 g/mol. The Morgan fingerprint density at radius 1 is 1.17 bits per heavy atom. The predicted octanol–water partition coefficient (Wildman–Crippen LogP) is 1.98. The Bertz CT molecular complexity index is 793. The van der Waals surface area contributed by atoms with E-state index in [1.165, 1.54) is 0 Å². The third kappa shape index (κ3) is 5.66. The number of hydrogen-bond donors (Lipinski definition) is 0. The second-order valence-corrected chi connectivity index (χ2v) is 9.21. The minimum Gasteiger partial charge on any atom is -0.372 e. The molecule has 8 nitrogen and oxygen atoms in total. The number of aromatic nitrogens is 2. The maximum Gasteiger partial charge on any atom is 0.236 e. The van der Waals surface area contributed by atoms with Gasteiger partial charge in [-0.15, -0.1) is 11.3 Å². The van der Waals surface area contributed by atoms with Crippen LogP contribution in [0, 0.1) is 0 Å². The van der Waals surface area contributed by atoms with Gasteiger partial charge in [-0.25, -0.2) is 0 Å². The van der Waals surface area contributed by atoms with E-state index in [9.17, 15) is 4.79 Å². The quantitative estimate of drug-likeness (QED) is 0.661. The lowest BCUT2D eigenvalue weighted by atomic mass is 10.2. The maximum atomic E-state index is 12.6. The van der Waals surface area contributed by atoms with E-state index in [0.717, 1.165) is 50.4 Å². The minimum absolute atomic E-state index is 0.120. The molecule has 4 heterocycles. The Labute approximate surface area is 181 Å². The van der Waals surface area contributed by atoms with Crippen molar-refractivity contribution in [2.75, 3.05) is 52.4 Å². The van der Waals surface area contributed by atoms with E-state index in [4.69, 9.17) is 9.26 Å². The highest BCUT2D eigenvalue weighted by molar-refractivity contribution is 7.13. The van der Waals surface area contributed by atoms with Gasteiger partial charge in [0, 0.05) is 45.7 Å². The van der Waals surface area contributed by atoms with Gasteiger partial charge in [-0.1, -0.05) is 11.2 Å². The molecule has 164 valence electrons. The van der Waals surface area contributed by atoms with E-state index in [0.29, 0.717) is 31.3 Å². The second kappa shape index (κ2) is 10.00. The minimum atomic E-state index is 0.120. The molecule has 0 N–H and O–H groups in total. The Balaban J connectivity index is 1.14. The van der Waals surface area contributed by atoms with Crippen molar-refractivity contribution in [3.8, 4) is 10.7 Å². The number of aryl methyl sites for hydroxylation is 1. The highest BCUT2D eigenvalue weighted by Crippen LogP contribution is 2.21. The van der Waals surface area contributed by atoms with Crippen molar-refractivity contribution in [1.82, 2.24) is 24.8 Å². The summed E-state index contributed by atoms with van der Waals surface area (Å²) >= 11 is 1.62. The summed E-state index contributed by atoms with van der Waals surface area (Å²) in [4.78, 5) is 24.9. The zero-order chi connectivity index (χ0) is 20.9. The van der Waals surface area contributed by atoms with Gasteiger partial charge in [0.1, 0.15) is 0 Å². The van der Waals surface area contributed by atoms with Crippen molar-refractivity contribution in [3.63, 3.8) is 0 Å². The van der Waals surface area contributed by atoms with E-state index in [-0.39, 0.29) is 18.1 Å². The lowest BCUT2D eigenvalue weighted by Crippen LogP contribution is -2.53. The number of piperazine rings is 1. The van der Waals surface area contributed by atoms with Crippen molar-refractivity contribution < 1.29 is 14.1 Å². The number of morpholine rings is 1. The van der Waals surface area contributed by atoms with Crippen molar-refractivity contribution in [3.05, 3.63) is 23.4 Å². The number of rotatable bonds is 7. The molecule has 1 amide bonds. The lowest BCUT2D eigenvalue weighted by Gasteiger charge is -2.38. The zero-order valence-corrected chi connectivity index (χ0v) is 18.6. The smallest absolute Gasteiger partial charge is 0.236 e. The fourth-order valence-corrected chi connectivity index (χ4v) is 4.81. The van der Waals surface area contributed by atoms with E-state index >= 15 is 0 Å². The lowest BCUT2D eigenvalue weighted by molar-refractivity contribution is -0.144. The van der Waals surface area contributed by atoms with Crippen LogP contribution in [0.2, 0.25) is 0 Å². The Morgan fingerprint density at radius 3 is 2.60 bits per heavy atom. The van der Waals surface area contributed by atoms with Gasteiger partial charge in [0.2, 0.25) is 17.6 Å². The van der Waals surface area contributed by atoms with Crippen LogP contribution in [0.25, 0.3) is 10.7 Å². The van der Waals surface area contributed by atoms with Crippen LogP contribution in [0.4, 0.5) is 0 Å². The number of hydrogen-bond acceptors (Lipinski definition) is 8. The molecule has 2 saturated heterocycles. The van der Waals surface area contributed by atoms with Gasteiger partial charge >= 0.3 is 0 Å². The molecule has 0 saturated carbocycles. The summed E-state index contributed by atoms with van der Waals surface area (Å²) in [7, 11) is 0. The third-order valence-electron chi connectivity index (χ3n) is 5.67. The van der Waals surface area contributed by atoms with E-state index in [1.54, 1.807) is 11.3 Å². The first-order chi connectivity index (χ1) is 14.6. The number of nitrogens with zero attached hydrogens (tertiary/aromatic N) is 5. The van der Waals surface area contributed by atoms with Gasteiger partial charge in [-0.3, -0.25) is 9.69 Å². The molecule has 2 aromatic rings. The van der Waals surface area contributed by atoms with Gasteiger partial charge < -0.3 is 19.1 Å². The highest BCUT2D eigenvalue weighted by Gasteiger charge is 2.27. The number of carbonyl (C=O) groups is 1. The molecule has 0 aliphatic carbocycles. The van der Waals surface area contributed by atoms with E-state index in [1.807, 2.05) is 36.3 Å². The van der Waals surface area contributed by atoms with Crippen molar-refractivity contribution in [1.29, 1.82) is 0 Å². The summed E-state index contributed by atoms with van der Waals surface area (Å²) in [6.07, 6.45) is 2.03. The molecule has 0 spiro atoms.